The highest BCUT2D eigenvalue weighted by Crippen LogP contribution is 1.97. The molecule has 4 heteroatoms. The summed E-state index contributed by atoms with van der Waals surface area (Å²) in [6.07, 6.45) is 4.27. The molecule has 0 unspecified atom stereocenters. The van der Waals surface area contributed by atoms with E-state index in [1.165, 1.54) is 11.5 Å². The zero-order valence-electron chi connectivity index (χ0n) is 8.46. The van der Waals surface area contributed by atoms with Crippen LogP contribution in [0.3, 0.4) is 0 Å². The lowest BCUT2D eigenvalue weighted by atomic mass is 10.8. The van der Waals surface area contributed by atoms with Crippen LogP contribution in [0.1, 0.15) is 0 Å². The predicted molar refractivity (Wildman–Crippen MR) is 60.5 cm³/mol. The molecule has 0 aromatic carbocycles. The third kappa shape index (κ3) is 22.4. The fourth-order valence-electron chi connectivity index (χ4n) is 0.333. The molecule has 0 aliphatic rings. The lowest BCUT2D eigenvalue weighted by Crippen LogP contribution is -1.96. The average Bonchev–Trinajstić information content (AvgIpc) is 2.12. The van der Waals surface area contributed by atoms with Crippen molar-refractivity contribution in [3.05, 3.63) is 0 Å². The second-order valence-corrected chi connectivity index (χ2v) is 3.94. The molecule has 0 aliphatic heterocycles. The van der Waals surface area contributed by atoms with E-state index in [1.807, 2.05) is 23.5 Å². The van der Waals surface area contributed by atoms with Crippen LogP contribution in [0.5, 0.6) is 0 Å². The van der Waals surface area contributed by atoms with Crippen molar-refractivity contribution in [1.29, 1.82) is 0 Å². The number of rotatable bonds is 6. The Morgan fingerprint density at radius 1 is 0.833 bits per heavy atom. The molecule has 76 valence electrons. The molecule has 12 heavy (non-hydrogen) atoms. The normalized spacial score (nSPS) is 9.00. The van der Waals surface area contributed by atoms with Gasteiger partial charge in [-0.3, -0.25) is 0 Å². The summed E-state index contributed by atoms with van der Waals surface area (Å²) in [4.78, 5) is 0. The van der Waals surface area contributed by atoms with Crippen LogP contribution in [-0.2, 0) is 9.47 Å². The summed E-state index contributed by atoms with van der Waals surface area (Å²) in [7, 11) is 3.30. The molecule has 2 nitrogen and oxygen atoms in total. The van der Waals surface area contributed by atoms with Crippen LogP contribution in [0.25, 0.3) is 0 Å². The summed E-state index contributed by atoms with van der Waals surface area (Å²) in [5.41, 5.74) is 0. The SMILES string of the molecule is COCCOC.CSCCSC. The first-order valence-corrected chi connectivity index (χ1v) is 6.58. The second kappa shape index (κ2) is 17.6. The topological polar surface area (TPSA) is 18.5 Å². The summed E-state index contributed by atoms with van der Waals surface area (Å²) >= 11 is 3.81. The van der Waals surface area contributed by atoms with E-state index >= 15 is 0 Å². The molecular formula is C8H20O2S2. The van der Waals surface area contributed by atoms with Crippen molar-refractivity contribution in [3.8, 4) is 0 Å². The first-order chi connectivity index (χ1) is 5.83. The molecule has 0 radical (unpaired) electrons. The Morgan fingerprint density at radius 3 is 1.33 bits per heavy atom. The molecule has 0 spiro atoms. The first kappa shape index (κ1) is 15.1. The minimum atomic E-state index is 0.691. The molecule has 0 N–H and O–H groups in total. The van der Waals surface area contributed by atoms with Crippen LogP contribution in [0.2, 0.25) is 0 Å². The Hall–Kier alpha value is 0.620. The van der Waals surface area contributed by atoms with Crippen molar-refractivity contribution in [2.24, 2.45) is 0 Å². The Kier molecular flexibility index (Phi) is 22.2. The Labute approximate surface area is 84.8 Å². The Bertz CT molecular complexity index is 47.0. The summed E-state index contributed by atoms with van der Waals surface area (Å²) in [5, 5.41) is 0. The number of ether oxygens (including phenoxy) is 2. The van der Waals surface area contributed by atoms with Gasteiger partial charge in [-0.05, 0) is 12.5 Å². The quantitative estimate of drug-likeness (QED) is 0.627. The highest BCUT2D eigenvalue weighted by molar-refractivity contribution is 8.02. The van der Waals surface area contributed by atoms with Gasteiger partial charge in [0.05, 0.1) is 13.2 Å². The molecule has 0 saturated heterocycles. The maximum Gasteiger partial charge on any atom is 0.0696 e. The molecule has 0 bridgehead atoms. The van der Waals surface area contributed by atoms with Gasteiger partial charge in [-0.15, -0.1) is 0 Å². The van der Waals surface area contributed by atoms with E-state index < -0.39 is 0 Å². The molecule has 0 fully saturated rings. The molecule has 0 aliphatic carbocycles. The zero-order chi connectivity index (χ0) is 9.66. The molecule has 0 rings (SSSR count). The number of hydrogen-bond donors (Lipinski definition) is 0. The highest BCUT2D eigenvalue weighted by atomic mass is 32.2. The molecule has 0 aromatic rings. The minimum absolute atomic E-state index is 0.691. The minimum Gasteiger partial charge on any atom is -0.382 e. The van der Waals surface area contributed by atoms with Gasteiger partial charge in [-0.25, -0.2) is 0 Å². The van der Waals surface area contributed by atoms with Crippen LogP contribution >= 0.6 is 23.5 Å². The first-order valence-electron chi connectivity index (χ1n) is 3.79. The molecule has 0 amide bonds. The van der Waals surface area contributed by atoms with Crippen molar-refractivity contribution in [2.45, 2.75) is 0 Å². The number of methoxy groups -OCH3 is 2. The van der Waals surface area contributed by atoms with Crippen LogP contribution in [0.4, 0.5) is 0 Å². The number of hydrogen-bond acceptors (Lipinski definition) is 4. The lowest BCUT2D eigenvalue weighted by Gasteiger charge is -1.91. The third-order valence-electron chi connectivity index (χ3n) is 0.983. The molecule has 0 saturated carbocycles. The maximum atomic E-state index is 4.66. The van der Waals surface area contributed by atoms with Crippen molar-refractivity contribution < 1.29 is 9.47 Å². The van der Waals surface area contributed by atoms with Crippen molar-refractivity contribution in [3.63, 3.8) is 0 Å². The van der Waals surface area contributed by atoms with E-state index in [0.717, 1.165) is 0 Å². The Balaban J connectivity index is 0. The molecular weight excluding hydrogens is 192 g/mol. The van der Waals surface area contributed by atoms with Crippen LogP contribution in [0.15, 0.2) is 0 Å². The smallest absolute Gasteiger partial charge is 0.0696 e. The van der Waals surface area contributed by atoms with Gasteiger partial charge in [0.2, 0.25) is 0 Å². The number of thioether (sulfide) groups is 2. The van der Waals surface area contributed by atoms with Gasteiger partial charge in [0.1, 0.15) is 0 Å². The van der Waals surface area contributed by atoms with E-state index in [9.17, 15) is 0 Å². The fourth-order valence-corrected chi connectivity index (χ4v) is 1.67. The standard InChI is InChI=1S/C4H10O2.C4H10S2/c2*1-5-3-4-6-2/h2*3-4H2,1-2H3. The average molecular weight is 212 g/mol. The largest absolute Gasteiger partial charge is 0.382 e. The van der Waals surface area contributed by atoms with Crippen molar-refractivity contribution in [2.75, 3.05) is 51.5 Å². The second-order valence-electron chi connectivity index (χ2n) is 1.97. The highest BCUT2D eigenvalue weighted by Gasteiger charge is 1.75. The van der Waals surface area contributed by atoms with E-state index in [4.69, 9.17) is 0 Å². The summed E-state index contributed by atoms with van der Waals surface area (Å²) in [6, 6.07) is 0. The Morgan fingerprint density at radius 2 is 1.17 bits per heavy atom. The summed E-state index contributed by atoms with van der Waals surface area (Å²) < 4.78 is 9.31. The van der Waals surface area contributed by atoms with Gasteiger partial charge in [0, 0.05) is 25.7 Å². The van der Waals surface area contributed by atoms with E-state index in [-0.39, 0.29) is 0 Å². The predicted octanol–water partition coefficient (Wildman–Crippen LogP) is 1.99. The van der Waals surface area contributed by atoms with Gasteiger partial charge in [0.15, 0.2) is 0 Å². The van der Waals surface area contributed by atoms with Crippen LogP contribution < -0.4 is 0 Å². The molecule has 0 heterocycles. The summed E-state index contributed by atoms with van der Waals surface area (Å²) in [6.45, 7) is 1.38. The van der Waals surface area contributed by atoms with Crippen molar-refractivity contribution in [1.82, 2.24) is 0 Å². The molecule has 0 atom stereocenters. The van der Waals surface area contributed by atoms with Gasteiger partial charge in [-0.1, -0.05) is 0 Å². The van der Waals surface area contributed by atoms with Gasteiger partial charge >= 0.3 is 0 Å². The third-order valence-corrected chi connectivity index (χ3v) is 2.47. The van der Waals surface area contributed by atoms with Crippen LogP contribution in [0, 0.1) is 0 Å². The van der Waals surface area contributed by atoms with Crippen LogP contribution in [-0.4, -0.2) is 51.5 Å². The maximum absolute atomic E-state index is 4.66. The zero-order valence-corrected chi connectivity index (χ0v) is 10.1. The van der Waals surface area contributed by atoms with Crippen molar-refractivity contribution >= 4 is 23.5 Å². The van der Waals surface area contributed by atoms with Gasteiger partial charge in [0.25, 0.3) is 0 Å². The lowest BCUT2D eigenvalue weighted by molar-refractivity contribution is 0.103. The fraction of sp³-hybridized carbons (Fsp3) is 1.00. The van der Waals surface area contributed by atoms with E-state index in [2.05, 4.69) is 22.0 Å². The van der Waals surface area contributed by atoms with E-state index in [0.29, 0.717) is 13.2 Å². The van der Waals surface area contributed by atoms with Gasteiger partial charge in [-0.2, -0.15) is 23.5 Å². The van der Waals surface area contributed by atoms with Gasteiger partial charge < -0.3 is 9.47 Å². The molecule has 0 aromatic heterocycles. The van der Waals surface area contributed by atoms with E-state index in [1.54, 1.807) is 14.2 Å². The monoisotopic (exact) mass is 212 g/mol. The summed E-state index contributed by atoms with van der Waals surface area (Å²) in [5.74, 6) is 2.59.